The summed E-state index contributed by atoms with van der Waals surface area (Å²) in [6, 6.07) is 0. The number of sulfone groups is 1. The zero-order chi connectivity index (χ0) is 12.7. The molecule has 0 aromatic rings. The van der Waals surface area contributed by atoms with Gasteiger partial charge in [-0.3, -0.25) is 4.79 Å². The van der Waals surface area contributed by atoms with E-state index in [4.69, 9.17) is 5.11 Å². The Bertz CT molecular complexity index is 339. The van der Waals surface area contributed by atoms with Gasteiger partial charge in [0.05, 0.1) is 11.5 Å². The molecule has 1 saturated heterocycles. The Hall–Kier alpha value is -0.620. The second kappa shape index (κ2) is 6.96. The lowest BCUT2D eigenvalue weighted by molar-refractivity contribution is -0.137. The highest BCUT2D eigenvalue weighted by molar-refractivity contribution is 7.91. The largest absolute Gasteiger partial charge is 0.481 e. The van der Waals surface area contributed by atoms with Crippen LogP contribution in [0.25, 0.3) is 0 Å². The molecular weight excluding hydrogens is 242 g/mol. The van der Waals surface area contributed by atoms with Crippen molar-refractivity contribution in [3.8, 4) is 0 Å². The minimum atomic E-state index is -2.82. The lowest BCUT2D eigenvalue weighted by Crippen LogP contribution is -2.28. The third-order valence-corrected chi connectivity index (χ3v) is 4.73. The summed E-state index contributed by atoms with van der Waals surface area (Å²) in [5.41, 5.74) is 0. The number of rotatable bonds is 6. The average Bonchev–Trinajstić information content (AvgIpc) is 2.39. The summed E-state index contributed by atoms with van der Waals surface area (Å²) < 4.78 is 22.8. The number of carbonyl (C=O) groups is 1. The van der Waals surface area contributed by atoms with Crippen molar-refractivity contribution in [1.82, 2.24) is 4.90 Å². The van der Waals surface area contributed by atoms with E-state index in [1.165, 1.54) is 0 Å². The van der Waals surface area contributed by atoms with Crippen molar-refractivity contribution < 1.29 is 18.3 Å². The van der Waals surface area contributed by atoms with Crippen LogP contribution in [0.4, 0.5) is 0 Å². The highest BCUT2D eigenvalue weighted by Gasteiger charge is 2.18. The van der Waals surface area contributed by atoms with Gasteiger partial charge in [0.15, 0.2) is 9.84 Å². The normalized spacial score (nSPS) is 20.9. The average molecular weight is 263 g/mol. The van der Waals surface area contributed by atoms with Crippen molar-refractivity contribution in [3.05, 3.63) is 0 Å². The molecule has 1 aliphatic heterocycles. The fourth-order valence-corrected chi connectivity index (χ4v) is 3.31. The van der Waals surface area contributed by atoms with Crippen LogP contribution in [-0.2, 0) is 14.6 Å². The van der Waals surface area contributed by atoms with E-state index in [0.717, 1.165) is 32.4 Å². The molecule has 0 aromatic heterocycles. The summed E-state index contributed by atoms with van der Waals surface area (Å²) in [5.74, 6) is -0.171. The predicted molar refractivity (Wildman–Crippen MR) is 65.8 cm³/mol. The van der Waals surface area contributed by atoms with E-state index in [0.29, 0.717) is 18.7 Å². The van der Waals surface area contributed by atoms with Crippen molar-refractivity contribution in [1.29, 1.82) is 0 Å². The summed E-state index contributed by atoms with van der Waals surface area (Å²) in [7, 11) is -2.82. The van der Waals surface area contributed by atoms with Crippen LogP contribution in [0.1, 0.15) is 32.1 Å². The van der Waals surface area contributed by atoms with Gasteiger partial charge < -0.3 is 10.0 Å². The number of unbranched alkanes of at least 4 members (excludes halogenated alkanes) is 2. The zero-order valence-corrected chi connectivity index (χ0v) is 10.9. The van der Waals surface area contributed by atoms with Gasteiger partial charge in [0.2, 0.25) is 0 Å². The molecule has 0 aromatic carbocycles. The molecule has 0 atom stereocenters. The van der Waals surface area contributed by atoms with Gasteiger partial charge in [-0.1, -0.05) is 6.42 Å². The Morgan fingerprint density at radius 1 is 1.12 bits per heavy atom. The maximum atomic E-state index is 11.4. The monoisotopic (exact) mass is 263 g/mol. The molecule has 1 heterocycles. The van der Waals surface area contributed by atoms with Gasteiger partial charge in [-0.05, 0) is 32.4 Å². The SMILES string of the molecule is O=C(O)CCCCCN1CCCS(=O)(=O)CC1. The molecule has 0 spiro atoms. The van der Waals surface area contributed by atoms with E-state index >= 15 is 0 Å². The highest BCUT2D eigenvalue weighted by atomic mass is 32.2. The molecule has 0 bridgehead atoms. The third-order valence-electron chi connectivity index (χ3n) is 3.01. The number of carboxylic acid groups (broad SMARTS) is 1. The maximum absolute atomic E-state index is 11.4. The Balaban J connectivity index is 2.13. The second-order valence-electron chi connectivity index (χ2n) is 4.55. The second-order valence-corrected chi connectivity index (χ2v) is 6.86. The Morgan fingerprint density at radius 3 is 2.59 bits per heavy atom. The highest BCUT2D eigenvalue weighted by Crippen LogP contribution is 2.07. The molecule has 0 amide bonds. The molecule has 0 radical (unpaired) electrons. The number of aliphatic carboxylic acids is 1. The molecule has 17 heavy (non-hydrogen) atoms. The summed E-state index contributed by atoms with van der Waals surface area (Å²) in [5, 5.41) is 8.48. The van der Waals surface area contributed by atoms with Crippen LogP contribution in [0.3, 0.4) is 0 Å². The van der Waals surface area contributed by atoms with Crippen LogP contribution < -0.4 is 0 Å². The summed E-state index contributed by atoms with van der Waals surface area (Å²) in [6.07, 6.45) is 3.51. The van der Waals surface area contributed by atoms with E-state index in [1.54, 1.807) is 0 Å². The minimum Gasteiger partial charge on any atom is -0.481 e. The van der Waals surface area contributed by atoms with Gasteiger partial charge in [-0.15, -0.1) is 0 Å². The number of nitrogens with zero attached hydrogens (tertiary/aromatic N) is 1. The smallest absolute Gasteiger partial charge is 0.303 e. The molecule has 1 N–H and O–H groups in total. The molecule has 100 valence electrons. The van der Waals surface area contributed by atoms with E-state index in [-0.39, 0.29) is 12.2 Å². The van der Waals surface area contributed by atoms with Gasteiger partial charge in [0.25, 0.3) is 0 Å². The Morgan fingerprint density at radius 2 is 1.88 bits per heavy atom. The van der Waals surface area contributed by atoms with Gasteiger partial charge in [-0.2, -0.15) is 0 Å². The van der Waals surface area contributed by atoms with Gasteiger partial charge in [0.1, 0.15) is 0 Å². The van der Waals surface area contributed by atoms with Crippen molar-refractivity contribution in [2.75, 3.05) is 31.1 Å². The van der Waals surface area contributed by atoms with Crippen molar-refractivity contribution in [2.45, 2.75) is 32.1 Å². The fraction of sp³-hybridized carbons (Fsp3) is 0.909. The summed E-state index contributed by atoms with van der Waals surface area (Å²) in [4.78, 5) is 12.5. The molecule has 5 nitrogen and oxygen atoms in total. The number of hydrogen-bond acceptors (Lipinski definition) is 4. The zero-order valence-electron chi connectivity index (χ0n) is 10.1. The first-order valence-corrected chi connectivity index (χ1v) is 7.96. The molecule has 1 rings (SSSR count). The molecule has 0 aliphatic carbocycles. The molecule has 1 aliphatic rings. The Kier molecular flexibility index (Phi) is 5.91. The summed E-state index contributed by atoms with van der Waals surface area (Å²) >= 11 is 0. The van der Waals surface area contributed by atoms with Crippen molar-refractivity contribution in [2.24, 2.45) is 0 Å². The predicted octanol–water partition coefficient (Wildman–Crippen LogP) is 0.752. The Labute approximate surface area is 103 Å². The van der Waals surface area contributed by atoms with Crippen LogP contribution in [0.2, 0.25) is 0 Å². The third kappa shape index (κ3) is 6.63. The fourth-order valence-electron chi connectivity index (χ4n) is 2.00. The first kappa shape index (κ1) is 14.4. The van der Waals surface area contributed by atoms with Crippen molar-refractivity contribution >= 4 is 15.8 Å². The minimum absolute atomic E-state index is 0.231. The van der Waals surface area contributed by atoms with E-state index in [1.807, 2.05) is 0 Å². The molecule has 0 unspecified atom stereocenters. The summed E-state index contributed by atoms with van der Waals surface area (Å²) in [6.45, 7) is 2.36. The van der Waals surface area contributed by atoms with Gasteiger partial charge in [-0.25, -0.2) is 8.42 Å². The molecule has 6 heteroatoms. The standard InChI is InChI=1S/C11H21NO4S/c13-11(14)5-2-1-3-6-12-7-4-9-17(15,16)10-8-12/h1-10H2,(H,13,14). The molecule has 1 fully saturated rings. The number of carboxylic acids is 1. The van der Waals surface area contributed by atoms with E-state index < -0.39 is 15.8 Å². The van der Waals surface area contributed by atoms with Crippen LogP contribution in [0.5, 0.6) is 0 Å². The van der Waals surface area contributed by atoms with Crippen molar-refractivity contribution in [3.63, 3.8) is 0 Å². The van der Waals surface area contributed by atoms with Crippen LogP contribution in [0.15, 0.2) is 0 Å². The first-order chi connectivity index (χ1) is 7.99. The first-order valence-electron chi connectivity index (χ1n) is 6.14. The van der Waals surface area contributed by atoms with Crippen LogP contribution in [0, 0.1) is 0 Å². The van der Waals surface area contributed by atoms with Gasteiger partial charge in [0, 0.05) is 13.0 Å². The van der Waals surface area contributed by atoms with E-state index in [2.05, 4.69) is 4.90 Å². The van der Waals surface area contributed by atoms with Crippen LogP contribution >= 0.6 is 0 Å². The molecular formula is C11H21NO4S. The number of hydrogen-bond donors (Lipinski definition) is 1. The molecule has 0 saturated carbocycles. The van der Waals surface area contributed by atoms with Crippen LogP contribution in [-0.4, -0.2) is 55.5 Å². The van der Waals surface area contributed by atoms with E-state index in [9.17, 15) is 13.2 Å². The topological polar surface area (TPSA) is 74.7 Å². The van der Waals surface area contributed by atoms with Gasteiger partial charge >= 0.3 is 5.97 Å². The lowest BCUT2D eigenvalue weighted by atomic mass is 10.2. The quantitative estimate of drug-likeness (QED) is 0.716. The maximum Gasteiger partial charge on any atom is 0.303 e. The lowest BCUT2D eigenvalue weighted by Gasteiger charge is -2.18.